The van der Waals surface area contributed by atoms with E-state index in [1.807, 2.05) is 30.5 Å². The fraction of sp³-hybridized carbons (Fsp3) is 0.409. The maximum absolute atomic E-state index is 5.58. The Morgan fingerprint density at radius 1 is 0.833 bits per heavy atom. The minimum absolute atomic E-state index is 0.757. The number of hydrogen-bond acceptors (Lipinski definition) is 2. The van der Waals surface area contributed by atoms with Crippen LogP contribution >= 0.6 is 0 Å². The Labute approximate surface area is 146 Å². The van der Waals surface area contributed by atoms with Crippen molar-refractivity contribution in [3.63, 3.8) is 0 Å². The van der Waals surface area contributed by atoms with Gasteiger partial charge in [0.2, 0.25) is 0 Å². The highest BCUT2D eigenvalue weighted by Crippen LogP contribution is 2.18. The molecule has 0 unspecified atom stereocenters. The molecule has 128 valence electrons. The Bertz CT molecular complexity index is 599. The summed E-state index contributed by atoms with van der Waals surface area (Å²) in [5.74, 6) is 0.906. The molecule has 0 heterocycles. The molecule has 0 aliphatic carbocycles. The molecular formula is C22H29NO. The lowest BCUT2D eigenvalue weighted by molar-refractivity contribution is 0.317. The molecule has 0 radical (unpaired) electrons. The first-order chi connectivity index (χ1) is 11.8. The second kappa shape index (κ2) is 10.6. The molecular weight excluding hydrogens is 294 g/mol. The Morgan fingerprint density at radius 3 is 2.25 bits per heavy atom. The van der Waals surface area contributed by atoms with Crippen molar-refractivity contribution in [1.82, 2.24) is 0 Å². The fourth-order valence-corrected chi connectivity index (χ4v) is 2.52. The molecule has 2 rings (SSSR count). The second-order valence-corrected chi connectivity index (χ2v) is 6.15. The summed E-state index contributed by atoms with van der Waals surface area (Å²) in [6, 6.07) is 16.7. The van der Waals surface area contributed by atoms with Crippen molar-refractivity contribution in [2.45, 2.75) is 52.4 Å². The third kappa shape index (κ3) is 6.57. The standard InChI is InChI=1S/C22H29NO/c1-3-5-6-7-8-19-9-11-20(12-10-19)18-23-21-13-15-22(16-14-21)24-17-4-2/h9-16,18H,3-8,17H2,1-2H3. The van der Waals surface area contributed by atoms with Crippen LogP contribution < -0.4 is 4.74 Å². The SMILES string of the molecule is CCCCCCc1ccc(C=Nc2ccc(OCCC)cc2)cc1. The van der Waals surface area contributed by atoms with Gasteiger partial charge in [-0.15, -0.1) is 0 Å². The molecule has 0 fully saturated rings. The maximum atomic E-state index is 5.58. The molecule has 0 saturated heterocycles. The summed E-state index contributed by atoms with van der Waals surface area (Å²) in [5.41, 5.74) is 3.50. The van der Waals surface area contributed by atoms with Crippen LogP contribution in [-0.4, -0.2) is 12.8 Å². The van der Waals surface area contributed by atoms with E-state index in [1.165, 1.54) is 37.7 Å². The van der Waals surface area contributed by atoms with Crippen molar-refractivity contribution in [2.24, 2.45) is 4.99 Å². The van der Waals surface area contributed by atoms with Crippen LogP contribution in [0, 0.1) is 0 Å². The fourth-order valence-electron chi connectivity index (χ4n) is 2.52. The lowest BCUT2D eigenvalue weighted by Gasteiger charge is -2.04. The molecule has 2 aromatic carbocycles. The summed E-state index contributed by atoms with van der Waals surface area (Å²) < 4.78 is 5.58. The van der Waals surface area contributed by atoms with Crippen molar-refractivity contribution >= 4 is 11.9 Å². The Kier molecular flexibility index (Phi) is 8.09. The molecule has 0 atom stereocenters. The van der Waals surface area contributed by atoms with Gasteiger partial charge in [0, 0.05) is 6.21 Å². The largest absolute Gasteiger partial charge is 0.494 e. The van der Waals surface area contributed by atoms with Crippen molar-refractivity contribution < 1.29 is 4.74 Å². The van der Waals surface area contributed by atoms with Crippen LogP contribution in [0.4, 0.5) is 5.69 Å². The molecule has 0 amide bonds. The van der Waals surface area contributed by atoms with Crippen molar-refractivity contribution in [3.8, 4) is 5.75 Å². The summed E-state index contributed by atoms with van der Waals surface area (Å²) >= 11 is 0. The highest BCUT2D eigenvalue weighted by Gasteiger charge is 1.96. The number of benzene rings is 2. The summed E-state index contributed by atoms with van der Waals surface area (Å²) in [6.07, 6.45) is 9.37. The van der Waals surface area contributed by atoms with E-state index >= 15 is 0 Å². The Balaban J connectivity index is 1.85. The summed E-state index contributed by atoms with van der Waals surface area (Å²) in [5, 5.41) is 0. The van der Waals surface area contributed by atoms with Crippen molar-refractivity contribution in [2.75, 3.05) is 6.61 Å². The maximum Gasteiger partial charge on any atom is 0.119 e. The lowest BCUT2D eigenvalue weighted by atomic mass is 10.0. The number of rotatable bonds is 10. The van der Waals surface area contributed by atoms with Crippen LogP contribution in [0.1, 0.15) is 57.1 Å². The molecule has 0 N–H and O–H groups in total. The quantitative estimate of drug-likeness (QED) is 0.369. The van der Waals surface area contributed by atoms with E-state index < -0.39 is 0 Å². The molecule has 0 spiro atoms. The van der Waals surface area contributed by atoms with Gasteiger partial charge in [-0.05, 0) is 54.7 Å². The van der Waals surface area contributed by atoms with Crippen LogP contribution in [0.5, 0.6) is 5.75 Å². The number of hydrogen-bond donors (Lipinski definition) is 0. The summed E-state index contributed by atoms with van der Waals surface area (Å²) in [7, 11) is 0. The van der Waals surface area contributed by atoms with Crippen molar-refractivity contribution in [1.29, 1.82) is 0 Å². The molecule has 0 bridgehead atoms. The Morgan fingerprint density at radius 2 is 1.58 bits per heavy atom. The molecule has 2 heteroatoms. The number of ether oxygens (including phenoxy) is 1. The molecule has 0 aliphatic rings. The minimum atomic E-state index is 0.757. The Hall–Kier alpha value is -2.09. The van der Waals surface area contributed by atoms with Crippen LogP contribution in [0.2, 0.25) is 0 Å². The number of unbranched alkanes of at least 4 members (excludes halogenated alkanes) is 3. The molecule has 0 aliphatic heterocycles. The average Bonchev–Trinajstić information content (AvgIpc) is 2.64. The van der Waals surface area contributed by atoms with E-state index in [-0.39, 0.29) is 0 Å². The number of nitrogens with zero attached hydrogens (tertiary/aromatic N) is 1. The molecule has 24 heavy (non-hydrogen) atoms. The predicted octanol–water partition coefficient (Wildman–Crippen LogP) is 6.35. The van der Waals surface area contributed by atoms with Gasteiger partial charge in [-0.1, -0.05) is 57.4 Å². The van der Waals surface area contributed by atoms with E-state index in [0.29, 0.717) is 0 Å². The zero-order valence-electron chi connectivity index (χ0n) is 15.0. The number of aliphatic imine (C=N–C) groups is 1. The van der Waals surface area contributed by atoms with Gasteiger partial charge in [0.05, 0.1) is 12.3 Å². The lowest BCUT2D eigenvalue weighted by Crippen LogP contribution is -1.93. The van der Waals surface area contributed by atoms with Gasteiger partial charge < -0.3 is 4.74 Å². The third-order valence-electron chi connectivity index (χ3n) is 3.97. The molecule has 2 nitrogen and oxygen atoms in total. The first kappa shape index (κ1) is 18.3. The normalized spacial score (nSPS) is 11.1. The number of aryl methyl sites for hydroxylation is 1. The monoisotopic (exact) mass is 323 g/mol. The van der Waals surface area contributed by atoms with Crippen molar-refractivity contribution in [3.05, 3.63) is 59.7 Å². The van der Waals surface area contributed by atoms with Crippen LogP contribution in [-0.2, 0) is 6.42 Å². The van der Waals surface area contributed by atoms with Gasteiger partial charge in [-0.2, -0.15) is 0 Å². The van der Waals surface area contributed by atoms with Gasteiger partial charge in [0.25, 0.3) is 0 Å². The first-order valence-corrected chi connectivity index (χ1v) is 9.17. The highest BCUT2D eigenvalue weighted by molar-refractivity contribution is 5.81. The van der Waals surface area contributed by atoms with E-state index in [4.69, 9.17) is 4.74 Å². The van der Waals surface area contributed by atoms with Crippen LogP contribution in [0.3, 0.4) is 0 Å². The highest BCUT2D eigenvalue weighted by atomic mass is 16.5. The zero-order chi connectivity index (χ0) is 17.0. The van der Waals surface area contributed by atoms with E-state index in [2.05, 4.69) is 43.1 Å². The topological polar surface area (TPSA) is 21.6 Å². The van der Waals surface area contributed by atoms with Gasteiger partial charge in [-0.3, -0.25) is 4.99 Å². The predicted molar refractivity (Wildman–Crippen MR) is 104 cm³/mol. The van der Waals surface area contributed by atoms with Crippen LogP contribution in [0.25, 0.3) is 0 Å². The van der Waals surface area contributed by atoms with Gasteiger partial charge >= 0.3 is 0 Å². The summed E-state index contributed by atoms with van der Waals surface area (Å²) in [4.78, 5) is 4.53. The average molecular weight is 323 g/mol. The summed E-state index contributed by atoms with van der Waals surface area (Å²) in [6.45, 7) is 5.11. The zero-order valence-corrected chi connectivity index (χ0v) is 15.0. The molecule has 2 aromatic rings. The van der Waals surface area contributed by atoms with Gasteiger partial charge in [-0.25, -0.2) is 0 Å². The molecule has 0 aromatic heterocycles. The van der Waals surface area contributed by atoms with E-state index in [9.17, 15) is 0 Å². The smallest absolute Gasteiger partial charge is 0.119 e. The van der Waals surface area contributed by atoms with E-state index in [0.717, 1.165) is 30.0 Å². The minimum Gasteiger partial charge on any atom is -0.494 e. The molecule has 0 saturated carbocycles. The third-order valence-corrected chi connectivity index (χ3v) is 3.97. The first-order valence-electron chi connectivity index (χ1n) is 9.17. The van der Waals surface area contributed by atoms with Gasteiger partial charge in [0.1, 0.15) is 5.75 Å². The second-order valence-electron chi connectivity index (χ2n) is 6.15. The van der Waals surface area contributed by atoms with Gasteiger partial charge in [0.15, 0.2) is 0 Å². The van der Waals surface area contributed by atoms with Crippen LogP contribution in [0.15, 0.2) is 53.5 Å². The van der Waals surface area contributed by atoms with E-state index in [1.54, 1.807) is 0 Å².